The first-order valence-corrected chi connectivity index (χ1v) is 7.81. The summed E-state index contributed by atoms with van der Waals surface area (Å²) in [7, 11) is 0. The van der Waals surface area contributed by atoms with Crippen LogP contribution in [0.1, 0.15) is 43.2 Å². The Labute approximate surface area is 120 Å². The first-order chi connectivity index (χ1) is 9.74. The van der Waals surface area contributed by atoms with Crippen molar-refractivity contribution >= 4 is 0 Å². The Balaban J connectivity index is 1.61. The van der Waals surface area contributed by atoms with Crippen LogP contribution in [0.25, 0.3) is 0 Å². The predicted octanol–water partition coefficient (Wildman–Crippen LogP) is 4.82. The summed E-state index contributed by atoms with van der Waals surface area (Å²) in [4.78, 5) is 0. The molecule has 1 aromatic carbocycles. The molecule has 3 rings (SSSR count). The van der Waals surface area contributed by atoms with Crippen LogP contribution in [0.4, 0.5) is 4.39 Å². The summed E-state index contributed by atoms with van der Waals surface area (Å²) in [5.74, 6) is 1.66. The zero-order chi connectivity index (χ0) is 13.9. The quantitative estimate of drug-likeness (QED) is 0.676. The van der Waals surface area contributed by atoms with Crippen molar-refractivity contribution in [2.24, 2.45) is 11.8 Å². The summed E-state index contributed by atoms with van der Waals surface area (Å²) in [6, 6.07) is 3.79. The van der Waals surface area contributed by atoms with E-state index in [0.29, 0.717) is 18.3 Å². The van der Waals surface area contributed by atoms with E-state index in [9.17, 15) is 4.39 Å². The van der Waals surface area contributed by atoms with E-state index in [0.717, 1.165) is 23.5 Å². The number of hydrogen-bond acceptors (Lipinski definition) is 1. The van der Waals surface area contributed by atoms with Crippen LogP contribution >= 0.6 is 0 Å². The Morgan fingerprint density at radius 1 is 1.25 bits per heavy atom. The summed E-state index contributed by atoms with van der Waals surface area (Å²) >= 11 is 0. The van der Waals surface area contributed by atoms with Gasteiger partial charge in [0.1, 0.15) is 0 Å². The molecule has 0 aliphatic heterocycles. The molecule has 0 amide bonds. The number of halogens is 1. The molecule has 2 fully saturated rings. The minimum Gasteiger partial charge on any atom is -0.490 e. The summed E-state index contributed by atoms with van der Waals surface area (Å²) in [5, 5.41) is 0. The highest BCUT2D eigenvalue weighted by Crippen LogP contribution is 2.31. The normalized spacial score (nSPS) is 19.3. The van der Waals surface area contributed by atoms with E-state index in [1.807, 2.05) is 13.0 Å². The lowest BCUT2D eigenvalue weighted by Gasteiger charge is -2.21. The lowest BCUT2D eigenvalue weighted by molar-refractivity contribution is 0.284. The fourth-order valence-corrected chi connectivity index (χ4v) is 2.54. The average Bonchev–Trinajstić information content (AvgIpc) is 3.20. The van der Waals surface area contributed by atoms with Crippen LogP contribution < -0.4 is 4.74 Å². The molecule has 2 aliphatic carbocycles. The smallest absolute Gasteiger partial charge is 0.168 e. The van der Waals surface area contributed by atoms with Gasteiger partial charge >= 0.3 is 0 Å². The van der Waals surface area contributed by atoms with Gasteiger partial charge < -0.3 is 4.74 Å². The van der Waals surface area contributed by atoms with Gasteiger partial charge in [0.2, 0.25) is 0 Å². The minimum atomic E-state index is -0.180. The van der Waals surface area contributed by atoms with Gasteiger partial charge in [-0.25, -0.2) is 4.39 Å². The Morgan fingerprint density at radius 2 is 2.05 bits per heavy atom. The largest absolute Gasteiger partial charge is 0.490 e. The van der Waals surface area contributed by atoms with Crippen LogP contribution in [0.2, 0.25) is 0 Å². The van der Waals surface area contributed by atoms with E-state index in [4.69, 9.17) is 4.74 Å². The topological polar surface area (TPSA) is 9.23 Å². The Morgan fingerprint density at radius 3 is 2.70 bits per heavy atom. The van der Waals surface area contributed by atoms with Gasteiger partial charge in [0.05, 0.1) is 6.61 Å². The molecule has 2 saturated carbocycles. The molecule has 1 aromatic rings. The highest BCUT2D eigenvalue weighted by Gasteiger charge is 2.22. The van der Waals surface area contributed by atoms with Crippen LogP contribution in [0, 0.1) is 24.6 Å². The van der Waals surface area contributed by atoms with Crippen molar-refractivity contribution in [2.45, 2.75) is 45.4 Å². The third kappa shape index (κ3) is 3.23. The zero-order valence-electron chi connectivity index (χ0n) is 12.2. The number of benzene rings is 1. The maximum atomic E-state index is 14.2. The highest BCUT2D eigenvalue weighted by atomic mass is 19.1. The molecule has 0 unspecified atom stereocenters. The highest BCUT2D eigenvalue weighted by molar-refractivity contribution is 5.38. The van der Waals surface area contributed by atoms with E-state index in [2.05, 4.69) is 12.2 Å². The van der Waals surface area contributed by atoms with Crippen molar-refractivity contribution in [3.05, 3.63) is 41.2 Å². The molecular weight excluding hydrogens is 251 g/mol. The molecule has 0 aromatic heterocycles. The molecule has 108 valence electrons. The van der Waals surface area contributed by atoms with Crippen LogP contribution in [-0.4, -0.2) is 6.61 Å². The van der Waals surface area contributed by atoms with Crippen molar-refractivity contribution in [3.63, 3.8) is 0 Å². The number of allylic oxidation sites excluding steroid dienone is 2. The van der Waals surface area contributed by atoms with E-state index >= 15 is 0 Å². The monoisotopic (exact) mass is 274 g/mol. The van der Waals surface area contributed by atoms with Crippen molar-refractivity contribution in [2.75, 3.05) is 6.61 Å². The Hall–Kier alpha value is -1.31. The molecule has 2 aliphatic rings. The Kier molecular flexibility index (Phi) is 4.09. The van der Waals surface area contributed by atoms with Gasteiger partial charge in [-0.2, -0.15) is 0 Å². The van der Waals surface area contributed by atoms with Gasteiger partial charge in [0.25, 0.3) is 0 Å². The van der Waals surface area contributed by atoms with Gasteiger partial charge in [0, 0.05) is 0 Å². The number of rotatable bonds is 6. The second-order valence-electron chi connectivity index (χ2n) is 6.24. The van der Waals surface area contributed by atoms with Crippen LogP contribution in [0.15, 0.2) is 24.3 Å². The van der Waals surface area contributed by atoms with Crippen LogP contribution in [0.3, 0.4) is 0 Å². The molecule has 2 heteroatoms. The fourth-order valence-electron chi connectivity index (χ4n) is 2.54. The number of hydrogen-bond donors (Lipinski definition) is 0. The van der Waals surface area contributed by atoms with Crippen molar-refractivity contribution in [1.82, 2.24) is 0 Å². The molecular formula is C18H23FO. The van der Waals surface area contributed by atoms with Crippen LogP contribution in [-0.2, 0) is 6.42 Å². The molecule has 1 nitrogen and oxygen atoms in total. The van der Waals surface area contributed by atoms with E-state index in [1.54, 1.807) is 6.07 Å². The number of ether oxygens (including phenoxy) is 1. The van der Waals surface area contributed by atoms with Gasteiger partial charge in [-0.3, -0.25) is 0 Å². The lowest BCUT2D eigenvalue weighted by Crippen LogP contribution is -2.07. The van der Waals surface area contributed by atoms with Crippen molar-refractivity contribution < 1.29 is 9.13 Å². The molecule has 0 heterocycles. The fraction of sp³-hybridized carbons (Fsp3) is 0.556. The van der Waals surface area contributed by atoms with Gasteiger partial charge in [-0.15, -0.1) is 0 Å². The first kappa shape index (κ1) is 13.7. The van der Waals surface area contributed by atoms with Gasteiger partial charge in [0.15, 0.2) is 11.6 Å². The minimum absolute atomic E-state index is 0.180. The van der Waals surface area contributed by atoms with E-state index in [1.165, 1.54) is 32.1 Å². The molecule has 0 bridgehead atoms. The molecule has 0 N–H and O–H groups in total. The van der Waals surface area contributed by atoms with Crippen molar-refractivity contribution in [3.8, 4) is 5.75 Å². The maximum absolute atomic E-state index is 14.2. The van der Waals surface area contributed by atoms with Crippen molar-refractivity contribution in [1.29, 1.82) is 0 Å². The molecule has 0 radical (unpaired) electrons. The summed E-state index contributed by atoms with van der Waals surface area (Å²) in [6.45, 7) is 2.52. The Bertz CT molecular complexity index is 498. The summed E-state index contributed by atoms with van der Waals surface area (Å²) in [5.41, 5.74) is 1.80. The standard InChI is InChI=1S/C18H23FO/c1-13-16(7-3-6-14-4-2-5-14)10-11-17(18(13)19)20-12-15-8-9-15/h3,6,10-11,14-15H,2,4-5,7-9,12H2,1H3/b6-3+. The molecule has 0 spiro atoms. The van der Waals surface area contributed by atoms with Gasteiger partial charge in [-0.05, 0) is 68.1 Å². The van der Waals surface area contributed by atoms with Crippen LogP contribution in [0.5, 0.6) is 5.75 Å². The maximum Gasteiger partial charge on any atom is 0.168 e. The van der Waals surface area contributed by atoms with Gasteiger partial charge in [-0.1, -0.05) is 24.6 Å². The summed E-state index contributed by atoms with van der Waals surface area (Å²) in [6.07, 6.45) is 11.7. The van der Waals surface area contributed by atoms with E-state index in [-0.39, 0.29) is 5.82 Å². The SMILES string of the molecule is Cc1c(C/C=C/C2CCC2)ccc(OCC2CC2)c1F. The third-order valence-corrected chi connectivity index (χ3v) is 4.53. The third-order valence-electron chi connectivity index (χ3n) is 4.53. The second-order valence-corrected chi connectivity index (χ2v) is 6.24. The zero-order valence-corrected chi connectivity index (χ0v) is 12.2. The average molecular weight is 274 g/mol. The first-order valence-electron chi connectivity index (χ1n) is 7.81. The van der Waals surface area contributed by atoms with E-state index < -0.39 is 0 Å². The second kappa shape index (κ2) is 5.99. The lowest BCUT2D eigenvalue weighted by atomic mass is 9.85. The predicted molar refractivity (Wildman–Crippen MR) is 79.5 cm³/mol. The molecule has 0 saturated heterocycles. The molecule has 20 heavy (non-hydrogen) atoms. The summed E-state index contributed by atoms with van der Waals surface area (Å²) < 4.78 is 19.8. The molecule has 0 atom stereocenters.